The summed E-state index contributed by atoms with van der Waals surface area (Å²) in [6, 6.07) is 5.29. The quantitative estimate of drug-likeness (QED) is 0.572. The molecule has 2 aliphatic heterocycles. The summed E-state index contributed by atoms with van der Waals surface area (Å²) in [7, 11) is -3.29. The smallest absolute Gasteiger partial charge is 0.320 e. The van der Waals surface area contributed by atoms with E-state index >= 15 is 0 Å². The number of benzene rings is 1. The average Bonchev–Trinajstić information content (AvgIpc) is 3.27. The fourth-order valence-corrected chi connectivity index (χ4v) is 5.72. The Balaban J connectivity index is 1.52. The molecule has 1 aromatic heterocycles. The molecule has 35 heavy (non-hydrogen) atoms. The minimum Gasteiger partial charge on any atom is -0.460 e. The van der Waals surface area contributed by atoms with Crippen molar-refractivity contribution < 1.29 is 22.3 Å². The first-order chi connectivity index (χ1) is 16.5. The molecule has 0 spiro atoms. The molecule has 9 nitrogen and oxygen atoms in total. The van der Waals surface area contributed by atoms with Crippen LogP contribution in [0.4, 0.5) is 9.18 Å². The first-order valence-corrected chi connectivity index (χ1v) is 13.7. The van der Waals surface area contributed by atoms with E-state index < -0.39 is 21.9 Å². The summed E-state index contributed by atoms with van der Waals surface area (Å²) in [5.41, 5.74) is 0.914. The molecule has 3 heterocycles. The summed E-state index contributed by atoms with van der Waals surface area (Å²) in [6.45, 7) is 3.85. The Morgan fingerprint density at radius 1 is 1.09 bits per heavy atom. The number of hydrogen-bond acceptors (Lipinski definition) is 6. The van der Waals surface area contributed by atoms with Gasteiger partial charge in [0, 0.05) is 51.1 Å². The van der Waals surface area contributed by atoms with Crippen LogP contribution in [0.3, 0.4) is 0 Å². The molecule has 190 valence electrons. The van der Waals surface area contributed by atoms with Crippen LogP contribution < -0.4 is 4.74 Å². The predicted octanol–water partition coefficient (Wildman–Crippen LogP) is 3.10. The van der Waals surface area contributed by atoms with Crippen LogP contribution in [-0.2, 0) is 10.0 Å². The number of urea groups is 1. The third-order valence-corrected chi connectivity index (χ3v) is 8.52. The van der Waals surface area contributed by atoms with Gasteiger partial charge in [0.1, 0.15) is 6.10 Å². The standard InChI is InChI=1S/C22H26Cl2FN5O4S/c1-14(34-21-26-10-16(25)11-27-21)17-12-29(13-18(17)15-3-4-19(23)20(24)9-15)22(31)28-5-7-30(8-6-28)35(2,32)33/h3-4,9-11,14,17-18H,5-8,12-13H2,1-2H3. The first-order valence-electron chi connectivity index (χ1n) is 11.1. The van der Waals surface area contributed by atoms with E-state index in [0.717, 1.165) is 18.0 Å². The number of carbonyl (C=O) groups excluding carboxylic acids is 1. The van der Waals surface area contributed by atoms with Crippen molar-refractivity contribution in [3.8, 4) is 6.01 Å². The van der Waals surface area contributed by atoms with Gasteiger partial charge < -0.3 is 14.5 Å². The van der Waals surface area contributed by atoms with Crippen molar-refractivity contribution in [2.75, 3.05) is 45.5 Å². The fraction of sp³-hybridized carbons (Fsp3) is 0.500. The van der Waals surface area contributed by atoms with Gasteiger partial charge >= 0.3 is 12.0 Å². The molecular weight excluding hydrogens is 520 g/mol. The van der Waals surface area contributed by atoms with Crippen molar-refractivity contribution in [3.05, 3.63) is 52.0 Å². The highest BCUT2D eigenvalue weighted by molar-refractivity contribution is 7.88. The van der Waals surface area contributed by atoms with Gasteiger partial charge in [-0.1, -0.05) is 29.3 Å². The van der Waals surface area contributed by atoms with Crippen molar-refractivity contribution in [2.24, 2.45) is 5.92 Å². The van der Waals surface area contributed by atoms with E-state index in [1.165, 1.54) is 10.6 Å². The molecule has 2 saturated heterocycles. The SMILES string of the molecule is CC(Oc1ncc(F)cn1)C1CN(C(=O)N2CCN(S(C)(=O)=O)CC2)CC1c1ccc(Cl)c(Cl)c1. The molecule has 2 aromatic rings. The predicted molar refractivity (Wildman–Crippen MR) is 130 cm³/mol. The van der Waals surface area contributed by atoms with Crippen LogP contribution in [0.1, 0.15) is 18.4 Å². The van der Waals surface area contributed by atoms with Crippen molar-refractivity contribution >= 4 is 39.3 Å². The Labute approximate surface area is 213 Å². The van der Waals surface area contributed by atoms with Crippen LogP contribution >= 0.6 is 23.2 Å². The summed E-state index contributed by atoms with van der Waals surface area (Å²) in [6.07, 6.45) is 2.84. The molecule has 2 aliphatic rings. The van der Waals surface area contributed by atoms with Gasteiger partial charge in [-0.2, -0.15) is 4.31 Å². The van der Waals surface area contributed by atoms with E-state index in [-0.39, 0.29) is 37.0 Å². The molecule has 0 bridgehead atoms. The van der Waals surface area contributed by atoms with Crippen LogP contribution in [0, 0.1) is 11.7 Å². The number of aromatic nitrogens is 2. The molecule has 1 aromatic carbocycles. The number of rotatable bonds is 5. The highest BCUT2D eigenvalue weighted by Crippen LogP contribution is 2.38. The summed E-state index contributed by atoms with van der Waals surface area (Å²) >= 11 is 12.4. The Hall–Kier alpha value is -2.21. The van der Waals surface area contributed by atoms with Gasteiger partial charge in [-0.05, 0) is 24.6 Å². The summed E-state index contributed by atoms with van der Waals surface area (Å²) in [4.78, 5) is 24.5. The minimum absolute atomic E-state index is 0.0495. The van der Waals surface area contributed by atoms with Crippen LogP contribution in [0.25, 0.3) is 0 Å². The Morgan fingerprint density at radius 2 is 1.74 bits per heavy atom. The zero-order valence-electron chi connectivity index (χ0n) is 19.3. The average molecular weight is 546 g/mol. The lowest BCUT2D eigenvalue weighted by molar-refractivity contribution is 0.123. The normalized spacial score (nSPS) is 22.3. The van der Waals surface area contributed by atoms with Crippen molar-refractivity contribution in [2.45, 2.75) is 18.9 Å². The van der Waals surface area contributed by atoms with E-state index in [9.17, 15) is 17.6 Å². The number of halogens is 3. The lowest BCUT2D eigenvalue weighted by Gasteiger charge is -2.35. The molecule has 3 atom stereocenters. The molecular formula is C22H26Cl2FN5O4S. The van der Waals surface area contributed by atoms with Crippen LogP contribution in [0.15, 0.2) is 30.6 Å². The lowest BCUT2D eigenvalue weighted by atomic mass is 9.86. The second-order valence-electron chi connectivity index (χ2n) is 8.79. The third-order valence-electron chi connectivity index (χ3n) is 6.48. The zero-order chi connectivity index (χ0) is 25.3. The maximum atomic E-state index is 13.3. The Kier molecular flexibility index (Phi) is 7.70. The molecule has 2 fully saturated rings. The first kappa shape index (κ1) is 25.9. The van der Waals surface area contributed by atoms with E-state index in [0.29, 0.717) is 36.2 Å². The molecule has 0 saturated carbocycles. The van der Waals surface area contributed by atoms with E-state index in [4.69, 9.17) is 27.9 Å². The van der Waals surface area contributed by atoms with Gasteiger partial charge in [-0.3, -0.25) is 0 Å². The van der Waals surface area contributed by atoms with E-state index in [2.05, 4.69) is 9.97 Å². The van der Waals surface area contributed by atoms with Crippen molar-refractivity contribution in [3.63, 3.8) is 0 Å². The number of hydrogen-bond donors (Lipinski definition) is 0. The number of sulfonamides is 1. The largest absolute Gasteiger partial charge is 0.460 e. The van der Waals surface area contributed by atoms with Crippen LogP contribution in [0.2, 0.25) is 10.0 Å². The van der Waals surface area contributed by atoms with Crippen LogP contribution in [0.5, 0.6) is 6.01 Å². The lowest BCUT2D eigenvalue weighted by Crippen LogP contribution is -2.53. The summed E-state index contributed by atoms with van der Waals surface area (Å²) < 4.78 is 44.1. The van der Waals surface area contributed by atoms with Gasteiger partial charge in [0.15, 0.2) is 5.82 Å². The highest BCUT2D eigenvalue weighted by Gasteiger charge is 2.42. The van der Waals surface area contributed by atoms with Gasteiger partial charge in [0.2, 0.25) is 10.0 Å². The van der Waals surface area contributed by atoms with Crippen molar-refractivity contribution in [1.29, 1.82) is 0 Å². The number of nitrogens with zero attached hydrogens (tertiary/aromatic N) is 5. The van der Waals surface area contributed by atoms with Crippen molar-refractivity contribution in [1.82, 2.24) is 24.1 Å². The zero-order valence-corrected chi connectivity index (χ0v) is 21.6. The van der Waals surface area contributed by atoms with E-state index in [1.807, 2.05) is 13.0 Å². The number of likely N-dealkylation sites (tertiary alicyclic amines) is 1. The summed E-state index contributed by atoms with van der Waals surface area (Å²) in [5, 5.41) is 0.852. The molecule has 0 N–H and O–H groups in total. The second kappa shape index (κ2) is 10.4. The fourth-order valence-electron chi connectivity index (χ4n) is 4.58. The third kappa shape index (κ3) is 5.96. The number of amides is 2. The Morgan fingerprint density at radius 3 is 2.34 bits per heavy atom. The number of ether oxygens (including phenoxy) is 1. The van der Waals surface area contributed by atoms with Gasteiger partial charge in [0.05, 0.1) is 28.7 Å². The molecule has 0 aliphatic carbocycles. The maximum absolute atomic E-state index is 13.3. The monoisotopic (exact) mass is 545 g/mol. The van der Waals surface area contributed by atoms with Gasteiger partial charge in [0.25, 0.3) is 0 Å². The molecule has 2 amide bonds. The summed E-state index contributed by atoms with van der Waals surface area (Å²) in [5.74, 6) is -0.809. The highest BCUT2D eigenvalue weighted by atomic mass is 35.5. The second-order valence-corrected chi connectivity index (χ2v) is 11.6. The Bertz CT molecular complexity index is 1180. The molecule has 4 rings (SSSR count). The van der Waals surface area contributed by atoms with Crippen LogP contribution in [-0.4, -0.2) is 90.2 Å². The molecule has 13 heteroatoms. The van der Waals surface area contributed by atoms with Gasteiger partial charge in [-0.15, -0.1) is 0 Å². The molecule has 0 radical (unpaired) electrons. The number of piperazine rings is 1. The maximum Gasteiger partial charge on any atom is 0.320 e. The number of carbonyl (C=O) groups is 1. The molecule has 3 unspecified atom stereocenters. The van der Waals surface area contributed by atoms with E-state index in [1.54, 1.807) is 21.9 Å². The van der Waals surface area contributed by atoms with Gasteiger partial charge in [-0.25, -0.2) is 27.6 Å². The minimum atomic E-state index is -3.29. The topological polar surface area (TPSA) is 95.9 Å².